The third-order valence-electron chi connectivity index (χ3n) is 25.5. The first-order chi connectivity index (χ1) is 47.8. The quantitative estimate of drug-likeness (QED) is 0.211. The monoisotopic (exact) mass is 1350 g/mol. The highest BCUT2D eigenvalue weighted by Crippen LogP contribution is 2.66. The molecule has 562 valence electrons. The van der Waals surface area contributed by atoms with Gasteiger partial charge in [0.05, 0.1) is 5.48 Å². The molecule has 2 atom stereocenters. The minimum absolute atomic E-state index is 0.0703. The molecule has 0 aliphatic heterocycles. The summed E-state index contributed by atoms with van der Waals surface area (Å²) in [5.74, 6) is 13.3. The first-order valence-electron chi connectivity index (χ1n) is 45.0. The Kier molecular flexibility index (Phi) is 27.4. The first-order valence-corrected chi connectivity index (χ1v) is 41.5. The van der Waals surface area contributed by atoms with Gasteiger partial charge in [0.2, 0.25) is 0 Å². The van der Waals surface area contributed by atoms with E-state index >= 15 is 0 Å². The number of rotatable bonds is 8. The maximum absolute atomic E-state index is 9.00. The van der Waals surface area contributed by atoms with Crippen LogP contribution in [0.25, 0.3) is 0 Å². The second-order valence-corrected chi connectivity index (χ2v) is 43.2. The molecular formula is C98H170. The summed E-state index contributed by atoms with van der Waals surface area (Å²) in [6.07, 6.45) is 31.7. The first kappa shape index (κ1) is 75.3. The predicted octanol–water partition coefficient (Wildman–Crippen LogP) is 31.1. The van der Waals surface area contributed by atoms with Gasteiger partial charge in [-0.15, -0.1) is 0 Å². The van der Waals surface area contributed by atoms with Crippen molar-refractivity contribution < 1.29 is 9.60 Å². The molecular weight excluding hydrogens is 1180 g/mol. The Hall–Kier alpha value is -2.34. The number of aryl methyl sites for hydroxylation is 3. The molecule has 2 unspecified atom stereocenters. The number of hydrogen-bond acceptors (Lipinski definition) is 0. The van der Waals surface area contributed by atoms with E-state index in [1.807, 2.05) is 41.5 Å². The zero-order valence-electron chi connectivity index (χ0n) is 78.4. The highest BCUT2D eigenvalue weighted by atomic mass is 14.6. The lowest BCUT2D eigenvalue weighted by Gasteiger charge is -2.62. The van der Waals surface area contributed by atoms with Crippen molar-refractivity contribution >= 4 is 0 Å². The van der Waals surface area contributed by atoms with E-state index in [1.54, 1.807) is 77.6 Å². The van der Waals surface area contributed by atoms with Crippen molar-refractivity contribution in [1.82, 2.24) is 0 Å². The van der Waals surface area contributed by atoms with Crippen LogP contribution in [0.3, 0.4) is 0 Å². The fraction of sp³-hybridized carbons (Fsp3) is 0.816. The second kappa shape index (κ2) is 35.6. The zero-order valence-corrected chi connectivity index (χ0v) is 71.4. The summed E-state index contributed by atoms with van der Waals surface area (Å²) in [5, 5.41) is 0. The van der Waals surface area contributed by atoms with Crippen LogP contribution in [0.2, 0.25) is 0 Å². The van der Waals surface area contributed by atoms with Gasteiger partial charge in [-0.2, -0.15) is 0 Å². The van der Waals surface area contributed by atoms with E-state index in [4.69, 9.17) is 9.60 Å². The van der Waals surface area contributed by atoms with Crippen LogP contribution in [0.1, 0.15) is 396 Å². The lowest BCUT2D eigenvalue weighted by molar-refractivity contribution is -0.113. The molecule has 12 aliphatic rings. The van der Waals surface area contributed by atoms with Crippen molar-refractivity contribution in [3.63, 3.8) is 0 Å². The van der Waals surface area contributed by atoms with Gasteiger partial charge in [0.15, 0.2) is 0 Å². The average molecular weight is 1360 g/mol. The molecule has 15 rings (SSSR count). The summed E-state index contributed by atoms with van der Waals surface area (Å²) >= 11 is 0. The van der Waals surface area contributed by atoms with Gasteiger partial charge in [0, 0.05) is 4.11 Å². The fourth-order valence-corrected chi connectivity index (χ4v) is 22.9. The van der Waals surface area contributed by atoms with E-state index in [1.165, 1.54) is 85.6 Å². The highest BCUT2D eigenvalue weighted by molar-refractivity contribution is 5.38. The molecule has 0 aromatic heterocycles. The van der Waals surface area contributed by atoms with Crippen LogP contribution >= 0.6 is 0 Å². The van der Waals surface area contributed by atoms with E-state index in [0.717, 1.165) is 89.8 Å². The van der Waals surface area contributed by atoms with E-state index in [9.17, 15) is 0 Å². The van der Waals surface area contributed by atoms with Gasteiger partial charge in [0.25, 0.3) is 0 Å². The van der Waals surface area contributed by atoms with Crippen molar-refractivity contribution in [1.29, 1.82) is 0 Å². The Morgan fingerprint density at radius 3 is 1.10 bits per heavy atom. The van der Waals surface area contributed by atoms with Crippen LogP contribution in [0.4, 0.5) is 0 Å². The summed E-state index contributed by atoms with van der Waals surface area (Å²) < 4.78 is 55.9. The summed E-state index contributed by atoms with van der Waals surface area (Å²) in [4.78, 5) is 0. The zero-order chi connectivity index (χ0) is 80.1. The Bertz CT molecular complexity index is 3010. The van der Waals surface area contributed by atoms with E-state index in [0.29, 0.717) is 39.2 Å². The molecule has 12 bridgehead atoms. The average Bonchev–Trinajstić information content (AvgIpc) is 0.730. The molecule has 0 N–H and O–H groups in total. The Morgan fingerprint density at radius 1 is 0.408 bits per heavy atom. The van der Waals surface area contributed by atoms with Crippen LogP contribution < -0.4 is 0 Å². The van der Waals surface area contributed by atoms with E-state index in [2.05, 4.69) is 216 Å². The fourth-order valence-electron chi connectivity index (χ4n) is 22.9. The minimum Gasteiger partial charge on any atom is -0.0654 e. The normalized spacial score (nSPS) is 31.3. The summed E-state index contributed by atoms with van der Waals surface area (Å²) in [6.45, 7) is 71.2. The standard InChI is InChI=1S/3C14H24.C12H18.2C11H16.2C11H24/c1-13(2,3)14-7-10-4-11(8-14)6-12(5-10)9-14;2*1-14(2,3)13-11-5-9-4-10(7-11)8-12(13)6-9;1-9-7-6-8-10(2)11(9)12(3,4)5;2*1-9-7-5-6-8-10(9)11(2,3)4;2*1-6-8-10(7-2)9-11(3,4)5/h10-12H,4-9H2,1-3H3;2*9-13H,4-8H2,1-3H3;6-8H,1-5H3;2*5-8H,1-4H3;2*10H,6-9H2,1-5H3/i;13D;;;5D,6D,7D,8D;;9D2;. The molecule has 0 heteroatoms. The summed E-state index contributed by atoms with van der Waals surface area (Å²) in [7, 11) is 0. The molecule has 12 aliphatic carbocycles. The molecule has 98 heavy (non-hydrogen) atoms. The van der Waals surface area contributed by atoms with Crippen LogP contribution in [0, 0.1) is 149 Å². The van der Waals surface area contributed by atoms with Gasteiger partial charge in [-0.1, -0.05) is 299 Å². The molecule has 0 spiro atoms. The van der Waals surface area contributed by atoms with Crippen LogP contribution in [-0.2, 0) is 16.2 Å². The van der Waals surface area contributed by atoms with Gasteiger partial charge in [0.1, 0.15) is 0 Å². The second-order valence-electron chi connectivity index (χ2n) is 43.2. The maximum Gasteiger partial charge on any atom is 0.0626 e. The van der Waals surface area contributed by atoms with Crippen molar-refractivity contribution in [2.45, 2.75) is 392 Å². The van der Waals surface area contributed by atoms with Gasteiger partial charge in [-0.3, -0.25) is 0 Å². The molecule has 0 nitrogen and oxygen atoms in total. The lowest BCUT2D eigenvalue weighted by Crippen LogP contribution is -2.51. The number of benzene rings is 3. The van der Waals surface area contributed by atoms with Crippen LogP contribution in [-0.4, -0.2) is 0 Å². The SMILES string of the molecule is CC(C)(C)C12CC3CC(CC(C3)C1)C2.CC(C)(C)C1C2CC3CC(C2)CC1C3.CCCC(CC)CC(C)(C)C.Cc1cccc(C)c1C(C)(C)C.Cc1ccccc1C(C)(C)C.[2H]C([2H])(C(CC)CCC)C(C)(C)C.[2H]C1(C(C)(C)C)C2CC3CC(C2)CC1C3.[2H]c1c([2H])c([2H])c(C(C)(C)C)c(C)c1[2H]. The molecule has 0 radical (unpaired) electrons. The Morgan fingerprint density at radius 2 is 0.786 bits per heavy atom. The molecule has 12 saturated carbocycles. The maximum atomic E-state index is 9.00. The summed E-state index contributed by atoms with van der Waals surface area (Å²) in [5.41, 5.74) is 11.1. The molecule has 3 aromatic rings. The Labute approximate surface area is 625 Å². The lowest BCUT2D eigenvalue weighted by atomic mass is 9.43. The minimum atomic E-state index is -1.04. The van der Waals surface area contributed by atoms with Crippen molar-refractivity contribution in [2.75, 3.05) is 0 Å². The molecule has 12 fully saturated rings. The van der Waals surface area contributed by atoms with Crippen molar-refractivity contribution in [2.24, 2.45) is 121 Å². The molecule has 3 aromatic carbocycles. The third-order valence-corrected chi connectivity index (χ3v) is 25.5. The van der Waals surface area contributed by atoms with Gasteiger partial charge in [-0.05, 0) is 320 Å². The Balaban J connectivity index is 0.000000216. The van der Waals surface area contributed by atoms with Gasteiger partial charge >= 0.3 is 0 Å². The molecule has 0 amide bonds. The molecule has 0 saturated heterocycles. The largest absolute Gasteiger partial charge is 0.0654 e. The van der Waals surface area contributed by atoms with Crippen molar-refractivity contribution in [3.05, 3.63) is 106 Å². The molecule has 0 heterocycles. The smallest absolute Gasteiger partial charge is 0.0626 e. The van der Waals surface area contributed by atoms with Crippen molar-refractivity contribution in [3.8, 4) is 0 Å². The highest BCUT2D eigenvalue weighted by Gasteiger charge is 2.56. The van der Waals surface area contributed by atoms with E-state index in [-0.39, 0.29) is 63.1 Å². The van der Waals surface area contributed by atoms with Crippen LogP contribution in [0.5, 0.6) is 0 Å². The van der Waals surface area contributed by atoms with E-state index < -0.39 is 6.37 Å². The number of hydrogen-bond donors (Lipinski definition) is 0. The summed E-state index contributed by atoms with van der Waals surface area (Å²) in [6, 6.07) is 14.9. The van der Waals surface area contributed by atoms with Gasteiger partial charge < -0.3 is 0 Å². The predicted molar refractivity (Wildman–Crippen MR) is 440 cm³/mol. The van der Waals surface area contributed by atoms with Crippen LogP contribution in [0.15, 0.2) is 66.6 Å². The van der Waals surface area contributed by atoms with Gasteiger partial charge in [-0.25, -0.2) is 0 Å². The third kappa shape index (κ3) is 26.1. The topological polar surface area (TPSA) is 0 Å².